The summed E-state index contributed by atoms with van der Waals surface area (Å²) in [7, 11) is 9.68. The number of hydrogen-bond acceptors (Lipinski definition) is 21. The number of nitrogens with zero attached hydrogens (tertiary/aromatic N) is 2. The summed E-state index contributed by atoms with van der Waals surface area (Å²) >= 11 is 0. The van der Waals surface area contributed by atoms with Crippen LogP contribution in [0.5, 0.6) is 5.75 Å². The van der Waals surface area contributed by atoms with E-state index in [0.29, 0.717) is 31.8 Å². The summed E-state index contributed by atoms with van der Waals surface area (Å²) in [6, 6.07) is 6.88. The summed E-state index contributed by atoms with van der Waals surface area (Å²) in [5.41, 5.74) is -0.395. The molecule has 3 heterocycles. The van der Waals surface area contributed by atoms with Gasteiger partial charge in [-0.1, -0.05) is 32.9 Å². The van der Waals surface area contributed by atoms with E-state index in [0.717, 1.165) is 5.56 Å². The quantitative estimate of drug-likeness (QED) is 0.0936. The van der Waals surface area contributed by atoms with Gasteiger partial charge in [-0.3, -0.25) is 33.7 Å². The molecule has 0 aliphatic carbocycles. The summed E-state index contributed by atoms with van der Waals surface area (Å²) in [6.45, 7) is 17.4. The van der Waals surface area contributed by atoms with Gasteiger partial charge in [-0.25, -0.2) is 0 Å². The van der Waals surface area contributed by atoms with Crippen LogP contribution < -0.4 is 4.74 Å². The minimum atomic E-state index is -1.37. The average molecular weight is 1080 g/mol. The van der Waals surface area contributed by atoms with Crippen molar-refractivity contribution in [2.75, 3.05) is 55.6 Å². The van der Waals surface area contributed by atoms with Crippen LogP contribution in [0.3, 0.4) is 0 Å². The van der Waals surface area contributed by atoms with Gasteiger partial charge in [0, 0.05) is 93.3 Å². The van der Waals surface area contributed by atoms with Crippen molar-refractivity contribution in [3.05, 3.63) is 29.8 Å². The Bertz CT molecular complexity index is 2020. The smallest absolute Gasteiger partial charge is 0.309 e. The normalized spacial score (nSPS) is 33.2. The van der Waals surface area contributed by atoms with Crippen molar-refractivity contribution >= 4 is 35.8 Å². The molecule has 3 aliphatic heterocycles. The summed E-state index contributed by atoms with van der Waals surface area (Å²) in [6.07, 6.45) is -10.9. The molecule has 0 unspecified atom stereocenters. The van der Waals surface area contributed by atoms with Crippen LogP contribution in [0.15, 0.2) is 24.3 Å². The summed E-state index contributed by atoms with van der Waals surface area (Å²) in [5.74, 6) is -4.72. The van der Waals surface area contributed by atoms with Gasteiger partial charge in [0.15, 0.2) is 24.3 Å². The maximum absolute atomic E-state index is 14.2. The minimum Gasteiger partial charge on any atom is -0.497 e. The predicted molar refractivity (Wildman–Crippen MR) is 274 cm³/mol. The van der Waals surface area contributed by atoms with Crippen molar-refractivity contribution < 1.29 is 90.3 Å². The molecule has 1 aromatic rings. The van der Waals surface area contributed by atoms with E-state index in [2.05, 4.69) is 4.90 Å². The number of methoxy groups -OCH3 is 4. The largest absolute Gasteiger partial charge is 0.497 e. The van der Waals surface area contributed by atoms with Gasteiger partial charge in [-0.15, -0.1) is 0 Å². The number of ether oxygens (including phenoxy) is 13. The number of rotatable bonds is 19. The molecular formula is C55H88N2O19. The first-order chi connectivity index (χ1) is 35.9. The van der Waals surface area contributed by atoms with Crippen LogP contribution in [-0.2, 0) is 92.2 Å². The predicted octanol–water partition coefficient (Wildman–Crippen LogP) is 5.57. The van der Waals surface area contributed by atoms with Gasteiger partial charge in [0.1, 0.15) is 48.5 Å². The zero-order valence-electron chi connectivity index (χ0n) is 47.8. The van der Waals surface area contributed by atoms with Gasteiger partial charge in [0.05, 0.1) is 31.8 Å². The molecule has 0 N–H and O–H groups in total. The van der Waals surface area contributed by atoms with Gasteiger partial charge in [-0.05, 0) is 84.2 Å². The molecule has 0 saturated carbocycles. The van der Waals surface area contributed by atoms with Crippen LogP contribution >= 0.6 is 0 Å². The van der Waals surface area contributed by atoms with Crippen molar-refractivity contribution in [1.29, 1.82) is 0 Å². The second-order valence-corrected chi connectivity index (χ2v) is 20.9. The van der Waals surface area contributed by atoms with Gasteiger partial charge in [-0.2, -0.15) is 0 Å². The lowest BCUT2D eigenvalue weighted by atomic mass is 9.70. The van der Waals surface area contributed by atoms with Crippen LogP contribution in [0, 0.1) is 17.8 Å². The van der Waals surface area contributed by atoms with Gasteiger partial charge in [0.2, 0.25) is 0 Å². The molecular weight excluding hydrogens is 993 g/mol. The molecule has 0 spiro atoms. The van der Waals surface area contributed by atoms with E-state index in [1.165, 1.54) is 42.1 Å². The SMILES string of the molecule is CCC(=O)O[C@@H]1CC(=O)O[C@H](C)CCN(Cc2ccc(OC)cc2)C[C@H](OC(C)=O)[C@H](C)C[C@H](CC(OC)OC)[C@H]([C@@H]2O[C@H](C)[C@@H](O[C@H]3C[C@@](C)(OC(C)=O)[C@@H](OC(=O)CC)[C@H](C)O3)[C@H](N(C)C)[C@H]2OC(C)=O)[C@@H]1OC. The van der Waals surface area contributed by atoms with E-state index in [1.54, 1.807) is 55.8 Å². The molecule has 1 aromatic carbocycles. The van der Waals surface area contributed by atoms with Crippen LogP contribution in [0.4, 0.5) is 0 Å². The second kappa shape index (κ2) is 30.0. The number of benzene rings is 1. The van der Waals surface area contributed by atoms with E-state index < -0.39 is 145 Å². The van der Waals surface area contributed by atoms with E-state index in [1.807, 2.05) is 43.0 Å². The fourth-order valence-corrected chi connectivity index (χ4v) is 11.1. The molecule has 3 saturated heterocycles. The number of esters is 6. The molecule has 3 aliphatic rings. The molecule has 0 radical (unpaired) electrons. The number of carbonyl (C=O) groups excluding carboxylic acids is 6. The first-order valence-electron chi connectivity index (χ1n) is 26.6. The fraction of sp³-hybridized carbons (Fsp3) is 0.782. The number of hydrogen-bond donors (Lipinski definition) is 0. The first-order valence-corrected chi connectivity index (χ1v) is 26.6. The maximum Gasteiger partial charge on any atom is 0.309 e. The van der Waals surface area contributed by atoms with Gasteiger partial charge in [0.25, 0.3) is 0 Å². The van der Waals surface area contributed by atoms with Crippen LogP contribution in [0.25, 0.3) is 0 Å². The standard InChI is InChI=1S/C55H88N2O19/c1-17-43(61)73-41-27-45(63)68-32(4)23-24-57(29-38-19-21-40(64-13)22-20-38)30-42(71-35(7)58)31(3)25-39(26-46(65-14)66-15)48(51(41)67-16)52-53(72-36(8)59)49(56(11)12)50(33(5)70-52)75-47-28-55(10,76-37(9)60)54(34(6)69-47)74-44(62)18-2/h19-22,31-34,39,41-42,46-54H,17-18,23-30H2,1-16H3/t31-,32-,33-,34+,39-,41-,42+,47+,48+,49+,50-,51-,52+,53-,54+,55-/m1/s1. The van der Waals surface area contributed by atoms with E-state index in [-0.39, 0.29) is 32.1 Å². The zero-order chi connectivity index (χ0) is 56.6. The monoisotopic (exact) mass is 1080 g/mol. The Hall–Kier alpha value is -4.48. The Balaban J connectivity index is 1.96. The van der Waals surface area contributed by atoms with Crippen molar-refractivity contribution in [1.82, 2.24) is 9.80 Å². The first kappa shape index (κ1) is 64.0. The summed E-state index contributed by atoms with van der Waals surface area (Å²) in [4.78, 5) is 83.7. The second-order valence-electron chi connectivity index (χ2n) is 20.9. The van der Waals surface area contributed by atoms with Gasteiger partial charge < -0.3 is 66.5 Å². The topological polar surface area (TPSA) is 229 Å². The van der Waals surface area contributed by atoms with Crippen molar-refractivity contribution in [3.8, 4) is 5.75 Å². The lowest BCUT2D eigenvalue weighted by Crippen LogP contribution is -2.68. The van der Waals surface area contributed by atoms with E-state index in [4.69, 9.17) is 61.6 Å². The Labute approximate surface area is 449 Å². The Morgan fingerprint density at radius 3 is 1.97 bits per heavy atom. The third-order valence-corrected chi connectivity index (χ3v) is 14.6. The molecule has 76 heavy (non-hydrogen) atoms. The highest BCUT2D eigenvalue weighted by Crippen LogP contribution is 2.44. The molecule has 16 atom stereocenters. The third kappa shape index (κ3) is 18.0. The molecule has 21 heteroatoms. The van der Waals surface area contributed by atoms with Crippen molar-refractivity contribution in [2.24, 2.45) is 17.8 Å². The Kier molecular flexibility index (Phi) is 25.3. The lowest BCUT2D eigenvalue weighted by Gasteiger charge is -2.54. The number of carbonyl (C=O) groups is 6. The summed E-state index contributed by atoms with van der Waals surface area (Å²) < 4.78 is 80.8. The van der Waals surface area contributed by atoms with Crippen LogP contribution in [0.1, 0.15) is 120 Å². The highest BCUT2D eigenvalue weighted by atomic mass is 16.7. The summed E-state index contributed by atoms with van der Waals surface area (Å²) in [5, 5.41) is 0. The van der Waals surface area contributed by atoms with Crippen molar-refractivity contribution in [3.63, 3.8) is 0 Å². The van der Waals surface area contributed by atoms with Crippen molar-refractivity contribution in [2.45, 2.75) is 206 Å². The fourth-order valence-electron chi connectivity index (χ4n) is 11.1. The van der Waals surface area contributed by atoms with Crippen LogP contribution in [-0.4, -0.2) is 187 Å². The van der Waals surface area contributed by atoms with Gasteiger partial charge >= 0.3 is 35.8 Å². The highest BCUT2D eigenvalue weighted by Gasteiger charge is 2.58. The molecule has 0 amide bonds. The molecule has 0 aromatic heterocycles. The minimum absolute atomic E-state index is 0.0259. The molecule has 21 nitrogen and oxygen atoms in total. The highest BCUT2D eigenvalue weighted by molar-refractivity contribution is 5.73. The average Bonchev–Trinajstić information content (AvgIpc) is 3.34. The maximum atomic E-state index is 14.2. The van der Waals surface area contributed by atoms with E-state index in [9.17, 15) is 28.8 Å². The Morgan fingerprint density at radius 1 is 0.789 bits per heavy atom. The number of cyclic esters (lactones) is 1. The van der Waals surface area contributed by atoms with Crippen LogP contribution in [0.2, 0.25) is 0 Å². The number of likely N-dealkylation sites (N-methyl/N-ethyl adjacent to an activating group) is 1. The third-order valence-electron chi connectivity index (χ3n) is 14.6. The molecule has 0 bridgehead atoms. The molecule has 432 valence electrons. The molecule has 4 rings (SSSR count). The van der Waals surface area contributed by atoms with E-state index >= 15 is 0 Å². The Morgan fingerprint density at radius 2 is 1.42 bits per heavy atom. The molecule has 3 fully saturated rings. The lowest BCUT2D eigenvalue weighted by molar-refractivity contribution is -0.320. The zero-order valence-corrected chi connectivity index (χ0v) is 47.8.